The van der Waals surface area contributed by atoms with Crippen LogP contribution in [0.25, 0.3) is 0 Å². The third kappa shape index (κ3) is 3.64. The van der Waals surface area contributed by atoms with Gasteiger partial charge in [-0.15, -0.1) is 11.6 Å². The van der Waals surface area contributed by atoms with E-state index in [0.717, 1.165) is 31.4 Å². The molecule has 0 heterocycles. The van der Waals surface area contributed by atoms with E-state index in [0.29, 0.717) is 11.8 Å². The molecule has 0 saturated carbocycles. The number of rotatable bonds is 3. The average Bonchev–Trinajstić information content (AvgIpc) is 2.38. The van der Waals surface area contributed by atoms with E-state index < -0.39 is 0 Å². The van der Waals surface area contributed by atoms with Crippen molar-refractivity contribution >= 4 is 11.6 Å². The molecular weight excluding hydrogens is 232 g/mol. The van der Waals surface area contributed by atoms with Crippen LogP contribution in [0.3, 0.4) is 0 Å². The van der Waals surface area contributed by atoms with Gasteiger partial charge in [-0.2, -0.15) is 0 Å². The quantitative estimate of drug-likeness (QED) is 0.533. The van der Waals surface area contributed by atoms with Gasteiger partial charge in [0.1, 0.15) is 0 Å². The van der Waals surface area contributed by atoms with Crippen molar-refractivity contribution in [1.29, 1.82) is 0 Å². The molecule has 0 aromatic heterocycles. The van der Waals surface area contributed by atoms with Crippen molar-refractivity contribution in [2.75, 3.05) is 7.11 Å². The number of halogens is 1. The molecule has 1 unspecified atom stereocenters. The summed E-state index contributed by atoms with van der Waals surface area (Å²) >= 11 is 6.31. The fourth-order valence-corrected chi connectivity index (χ4v) is 2.78. The lowest BCUT2D eigenvalue weighted by Crippen LogP contribution is -2.15. The molecular formula is C15H21ClO. The van der Waals surface area contributed by atoms with Gasteiger partial charge in [-0.1, -0.05) is 24.3 Å². The average molecular weight is 253 g/mol. The lowest BCUT2D eigenvalue weighted by atomic mass is 9.88. The zero-order chi connectivity index (χ0) is 12.1. The summed E-state index contributed by atoms with van der Waals surface area (Å²) < 4.78 is 5.26. The van der Waals surface area contributed by atoms with E-state index in [2.05, 4.69) is 30.4 Å². The maximum absolute atomic E-state index is 6.31. The highest BCUT2D eigenvalue weighted by molar-refractivity contribution is 6.21. The Morgan fingerprint density at radius 1 is 1.24 bits per heavy atom. The van der Waals surface area contributed by atoms with Crippen LogP contribution in [0.5, 0.6) is 0 Å². The molecule has 2 aliphatic rings. The van der Waals surface area contributed by atoms with Crippen molar-refractivity contribution in [3.8, 4) is 0 Å². The summed E-state index contributed by atoms with van der Waals surface area (Å²) in [5.74, 6) is 2.34. The number of methoxy groups -OCH3 is 1. The van der Waals surface area contributed by atoms with E-state index in [-0.39, 0.29) is 5.38 Å². The Morgan fingerprint density at radius 3 is 2.71 bits per heavy atom. The van der Waals surface area contributed by atoms with E-state index in [1.165, 1.54) is 6.42 Å². The highest BCUT2D eigenvalue weighted by Crippen LogP contribution is 2.28. The third-order valence-electron chi connectivity index (χ3n) is 3.70. The number of ether oxygens (including phenoxy) is 1. The second-order valence-electron chi connectivity index (χ2n) is 4.92. The molecule has 2 aliphatic carbocycles. The third-order valence-corrected chi connectivity index (χ3v) is 4.21. The molecule has 0 fully saturated rings. The highest BCUT2D eigenvalue weighted by atomic mass is 35.5. The highest BCUT2D eigenvalue weighted by Gasteiger charge is 2.18. The molecule has 2 rings (SSSR count). The molecule has 0 N–H and O–H groups in total. The fraction of sp³-hybridized carbons (Fsp3) is 0.600. The van der Waals surface area contributed by atoms with Crippen LogP contribution in [0.2, 0.25) is 0 Å². The van der Waals surface area contributed by atoms with Crippen LogP contribution in [0, 0.1) is 11.8 Å². The van der Waals surface area contributed by atoms with E-state index in [1.807, 2.05) is 0 Å². The van der Waals surface area contributed by atoms with E-state index in [9.17, 15) is 0 Å². The molecule has 0 amide bonds. The van der Waals surface area contributed by atoms with Gasteiger partial charge in [0.15, 0.2) is 0 Å². The van der Waals surface area contributed by atoms with Gasteiger partial charge in [-0.3, -0.25) is 0 Å². The van der Waals surface area contributed by atoms with E-state index >= 15 is 0 Å². The molecule has 2 heteroatoms. The molecule has 3 atom stereocenters. The van der Waals surface area contributed by atoms with Gasteiger partial charge in [0, 0.05) is 11.8 Å². The Labute approximate surface area is 109 Å². The fourth-order valence-electron chi connectivity index (χ4n) is 2.49. The van der Waals surface area contributed by atoms with Crippen LogP contribution in [0.1, 0.15) is 32.1 Å². The second-order valence-corrected chi connectivity index (χ2v) is 5.48. The van der Waals surface area contributed by atoms with Crippen molar-refractivity contribution in [1.82, 2.24) is 0 Å². The van der Waals surface area contributed by atoms with Gasteiger partial charge >= 0.3 is 0 Å². The number of hydrogen-bond acceptors (Lipinski definition) is 1. The van der Waals surface area contributed by atoms with E-state index in [4.69, 9.17) is 16.3 Å². The predicted octanol–water partition coefficient (Wildman–Crippen LogP) is 4.45. The summed E-state index contributed by atoms with van der Waals surface area (Å²) in [6, 6.07) is 0. The Hall–Kier alpha value is -0.690. The zero-order valence-electron chi connectivity index (χ0n) is 10.4. The van der Waals surface area contributed by atoms with Gasteiger partial charge in [0.2, 0.25) is 0 Å². The SMILES string of the molecule is COC1=CC[C@@H](/C=C/[C@@H]2CC=CCC2Cl)CC1. The van der Waals surface area contributed by atoms with E-state index in [1.54, 1.807) is 7.11 Å². The molecule has 1 nitrogen and oxygen atoms in total. The van der Waals surface area contributed by atoms with Crippen LogP contribution >= 0.6 is 11.6 Å². The maximum Gasteiger partial charge on any atom is 0.0916 e. The summed E-state index contributed by atoms with van der Waals surface area (Å²) in [7, 11) is 1.76. The van der Waals surface area contributed by atoms with Crippen LogP contribution in [-0.4, -0.2) is 12.5 Å². The van der Waals surface area contributed by atoms with Crippen LogP contribution in [-0.2, 0) is 4.74 Å². The molecule has 0 saturated heterocycles. The monoisotopic (exact) mass is 252 g/mol. The minimum atomic E-state index is 0.282. The van der Waals surface area contributed by atoms with Crippen molar-refractivity contribution in [2.24, 2.45) is 11.8 Å². The smallest absolute Gasteiger partial charge is 0.0916 e. The normalized spacial score (nSPS) is 33.8. The number of hydrogen-bond donors (Lipinski definition) is 0. The summed E-state index contributed by atoms with van der Waals surface area (Å²) in [4.78, 5) is 0. The Bertz CT molecular complexity index is 330. The summed E-state index contributed by atoms with van der Waals surface area (Å²) in [5, 5.41) is 0.282. The first-order valence-electron chi connectivity index (χ1n) is 6.50. The molecule has 0 bridgehead atoms. The summed E-state index contributed by atoms with van der Waals surface area (Å²) in [6.45, 7) is 0. The van der Waals surface area contributed by atoms with Gasteiger partial charge in [0.05, 0.1) is 12.9 Å². The van der Waals surface area contributed by atoms with Gasteiger partial charge in [0.25, 0.3) is 0 Å². The minimum Gasteiger partial charge on any atom is -0.501 e. The molecule has 0 aliphatic heterocycles. The lowest BCUT2D eigenvalue weighted by molar-refractivity contribution is 0.260. The number of allylic oxidation sites excluding steroid dienone is 6. The topological polar surface area (TPSA) is 9.23 Å². The first-order valence-corrected chi connectivity index (χ1v) is 6.93. The van der Waals surface area contributed by atoms with Gasteiger partial charge in [-0.05, 0) is 43.6 Å². The predicted molar refractivity (Wildman–Crippen MR) is 73.1 cm³/mol. The number of alkyl halides is 1. The van der Waals surface area contributed by atoms with Crippen molar-refractivity contribution in [3.63, 3.8) is 0 Å². The molecule has 0 radical (unpaired) electrons. The summed E-state index contributed by atoms with van der Waals surface area (Å²) in [5.41, 5.74) is 0. The Morgan fingerprint density at radius 2 is 2.06 bits per heavy atom. The van der Waals surface area contributed by atoms with Gasteiger partial charge < -0.3 is 4.74 Å². The molecule has 94 valence electrons. The van der Waals surface area contributed by atoms with Crippen LogP contribution in [0.4, 0.5) is 0 Å². The minimum absolute atomic E-state index is 0.282. The van der Waals surface area contributed by atoms with Crippen LogP contribution in [0.15, 0.2) is 36.1 Å². The van der Waals surface area contributed by atoms with Crippen molar-refractivity contribution in [3.05, 3.63) is 36.1 Å². The maximum atomic E-state index is 6.31. The van der Waals surface area contributed by atoms with Gasteiger partial charge in [-0.25, -0.2) is 0 Å². The molecule has 17 heavy (non-hydrogen) atoms. The Kier molecular flexibility index (Phi) is 4.73. The molecule has 0 aromatic rings. The standard InChI is InChI=1S/C15H21ClO/c1-17-14-10-7-12(8-11-14)6-9-13-4-2-3-5-15(13)16/h2-3,6,9-10,12-13,15H,4-5,7-8,11H2,1H3/b9-6+/t12-,13+,15?/m1/s1. The summed E-state index contributed by atoms with van der Waals surface area (Å²) in [6.07, 6.45) is 16.8. The Balaban J connectivity index is 1.85. The first kappa shape index (κ1) is 12.8. The van der Waals surface area contributed by atoms with Crippen molar-refractivity contribution in [2.45, 2.75) is 37.5 Å². The largest absolute Gasteiger partial charge is 0.501 e. The second kappa shape index (κ2) is 6.30. The van der Waals surface area contributed by atoms with Crippen LogP contribution < -0.4 is 0 Å². The first-order chi connectivity index (χ1) is 8.29. The molecule has 0 aromatic carbocycles. The van der Waals surface area contributed by atoms with Crippen molar-refractivity contribution < 1.29 is 4.74 Å². The molecule has 0 spiro atoms. The zero-order valence-corrected chi connectivity index (χ0v) is 11.2. The lowest BCUT2D eigenvalue weighted by Gasteiger charge is -2.22.